The minimum atomic E-state index is -0.974. The van der Waals surface area contributed by atoms with Crippen LogP contribution in [0.25, 0.3) is 0 Å². The topological polar surface area (TPSA) is 55.8 Å². The molecule has 4 nitrogen and oxygen atoms in total. The van der Waals surface area contributed by atoms with Gasteiger partial charge in [-0.1, -0.05) is 24.3 Å². The second-order valence-electron chi connectivity index (χ2n) is 7.09. The van der Waals surface area contributed by atoms with Gasteiger partial charge in [-0.2, -0.15) is 0 Å². The molecule has 26 heavy (non-hydrogen) atoms. The Labute approximate surface area is 152 Å². The van der Waals surface area contributed by atoms with Gasteiger partial charge >= 0.3 is 5.97 Å². The van der Waals surface area contributed by atoms with E-state index in [0.29, 0.717) is 19.4 Å². The lowest BCUT2D eigenvalue weighted by Crippen LogP contribution is -2.41. The number of hydrogen-bond donors (Lipinski definition) is 1. The van der Waals surface area contributed by atoms with E-state index in [1.54, 1.807) is 19.1 Å². The summed E-state index contributed by atoms with van der Waals surface area (Å²) in [7, 11) is 0. The van der Waals surface area contributed by atoms with E-state index in [0.717, 1.165) is 23.3 Å². The SMILES string of the molecule is CC1(O)CC(=O)OC(CCc2ccc(OCc3ccc(F)cc3)cc2)C1. The highest BCUT2D eigenvalue weighted by Crippen LogP contribution is 2.27. The second kappa shape index (κ2) is 7.87. The molecule has 2 aromatic rings. The number of benzene rings is 2. The monoisotopic (exact) mass is 358 g/mol. The van der Waals surface area contributed by atoms with Gasteiger partial charge in [-0.15, -0.1) is 0 Å². The molecule has 2 aromatic carbocycles. The molecule has 2 unspecified atom stereocenters. The van der Waals surface area contributed by atoms with Gasteiger partial charge in [0.05, 0.1) is 12.0 Å². The fourth-order valence-corrected chi connectivity index (χ4v) is 3.13. The molecule has 0 spiro atoms. The molecule has 1 fully saturated rings. The molecule has 0 aromatic heterocycles. The zero-order valence-corrected chi connectivity index (χ0v) is 14.8. The summed E-state index contributed by atoms with van der Waals surface area (Å²) in [5, 5.41) is 10.1. The fraction of sp³-hybridized carbons (Fsp3) is 0.381. The second-order valence-corrected chi connectivity index (χ2v) is 7.09. The number of rotatable bonds is 6. The molecule has 1 heterocycles. The molecule has 5 heteroatoms. The van der Waals surface area contributed by atoms with Crippen LogP contribution < -0.4 is 4.74 Å². The van der Waals surface area contributed by atoms with Crippen molar-refractivity contribution in [3.05, 3.63) is 65.5 Å². The van der Waals surface area contributed by atoms with Crippen LogP contribution in [0.1, 0.15) is 37.3 Å². The normalized spacial score (nSPS) is 22.7. The van der Waals surface area contributed by atoms with E-state index in [2.05, 4.69) is 0 Å². The van der Waals surface area contributed by atoms with Crippen LogP contribution >= 0.6 is 0 Å². The molecule has 0 bridgehead atoms. The van der Waals surface area contributed by atoms with Crippen molar-refractivity contribution in [2.45, 2.75) is 50.9 Å². The van der Waals surface area contributed by atoms with Gasteiger partial charge in [0, 0.05) is 6.42 Å². The standard InChI is InChI=1S/C21H23FO4/c1-21(24)12-19(26-20(23)13-21)11-6-15-4-9-18(10-5-15)25-14-16-2-7-17(22)8-3-16/h2-5,7-10,19,24H,6,11-14H2,1H3. The van der Waals surface area contributed by atoms with E-state index in [1.807, 2.05) is 24.3 Å². The van der Waals surface area contributed by atoms with Gasteiger partial charge in [-0.05, 0) is 55.2 Å². The first-order valence-corrected chi connectivity index (χ1v) is 8.78. The summed E-state index contributed by atoms with van der Waals surface area (Å²) in [6.45, 7) is 2.06. The summed E-state index contributed by atoms with van der Waals surface area (Å²) < 4.78 is 23.9. The van der Waals surface area contributed by atoms with Crippen molar-refractivity contribution >= 4 is 5.97 Å². The van der Waals surface area contributed by atoms with Crippen LogP contribution in [0.4, 0.5) is 4.39 Å². The number of cyclic esters (lactones) is 1. The van der Waals surface area contributed by atoms with Crippen molar-refractivity contribution in [1.82, 2.24) is 0 Å². The van der Waals surface area contributed by atoms with E-state index in [-0.39, 0.29) is 24.3 Å². The third kappa shape index (κ3) is 5.30. The molecule has 0 radical (unpaired) electrons. The molecule has 2 atom stereocenters. The third-order valence-electron chi connectivity index (χ3n) is 4.49. The Hall–Kier alpha value is -2.40. The van der Waals surface area contributed by atoms with Crippen molar-refractivity contribution in [3.8, 4) is 5.75 Å². The lowest BCUT2D eigenvalue weighted by Gasteiger charge is -2.33. The number of ether oxygens (including phenoxy) is 2. The molecule has 1 saturated heterocycles. The van der Waals surface area contributed by atoms with E-state index < -0.39 is 5.60 Å². The first-order valence-electron chi connectivity index (χ1n) is 8.78. The minimum Gasteiger partial charge on any atom is -0.489 e. The molecule has 0 amide bonds. The van der Waals surface area contributed by atoms with Gasteiger partial charge in [-0.25, -0.2) is 4.39 Å². The molecule has 1 aliphatic rings. The predicted molar refractivity (Wildman–Crippen MR) is 95.2 cm³/mol. The Kier molecular flexibility index (Phi) is 5.57. The summed E-state index contributed by atoms with van der Waals surface area (Å²) in [4.78, 5) is 11.5. The molecule has 0 aliphatic carbocycles. The zero-order chi connectivity index (χ0) is 18.6. The first kappa shape index (κ1) is 18.4. The molecule has 1 aliphatic heterocycles. The summed E-state index contributed by atoms with van der Waals surface area (Å²) in [6, 6.07) is 14.0. The molecular formula is C21H23FO4. The van der Waals surface area contributed by atoms with Crippen LogP contribution in [-0.4, -0.2) is 22.8 Å². The number of hydrogen-bond acceptors (Lipinski definition) is 4. The van der Waals surface area contributed by atoms with Crippen molar-refractivity contribution in [3.63, 3.8) is 0 Å². The number of aliphatic hydroxyl groups is 1. The predicted octanol–water partition coefficient (Wildman–Crippen LogP) is 3.79. The highest BCUT2D eigenvalue weighted by atomic mass is 19.1. The number of carbonyl (C=O) groups is 1. The Morgan fingerprint density at radius 3 is 2.46 bits per heavy atom. The van der Waals surface area contributed by atoms with E-state index >= 15 is 0 Å². The van der Waals surface area contributed by atoms with Gasteiger partial charge in [0.25, 0.3) is 0 Å². The van der Waals surface area contributed by atoms with Gasteiger partial charge in [0.15, 0.2) is 0 Å². The van der Waals surface area contributed by atoms with Crippen molar-refractivity contribution < 1.29 is 23.8 Å². The average Bonchev–Trinajstić information content (AvgIpc) is 2.59. The largest absolute Gasteiger partial charge is 0.489 e. The van der Waals surface area contributed by atoms with Crippen molar-refractivity contribution in [2.75, 3.05) is 0 Å². The number of carbonyl (C=O) groups excluding carboxylic acids is 1. The van der Waals surface area contributed by atoms with Crippen LogP contribution in [0.5, 0.6) is 5.75 Å². The summed E-state index contributed by atoms with van der Waals surface area (Å²) in [6.07, 6.45) is 1.71. The summed E-state index contributed by atoms with van der Waals surface area (Å²) in [5.74, 6) is 0.143. The van der Waals surface area contributed by atoms with E-state index in [4.69, 9.17) is 9.47 Å². The smallest absolute Gasteiger partial charge is 0.308 e. The molecule has 138 valence electrons. The maximum Gasteiger partial charge on any atom is 0.308 e. The van der Waals surface area contributed by atoms with Crippen LogP contribution in [0.3, 0.4) is 0 Å². The average molecular weight is 358 g/mol. The Morgan fingerprint density at radius 2 is 1.81 bits per heavy atom. The number of halogens is 1. The Morgan fingerprint density at radius 1 is 1.15 bits per heavy atom. The van der Waals surface area contributed by atoms with E-state index in [9.17, 15) is 14.3 Å². The lowest BCUT2D eigenvalue weighted by molar-refractivity contribution is -0.168. The van der Waals surface area contributed by atoms with Crippen LogP contribution in [0.2, 0.25) is 0 Å². The van der Waals surface area contributed by atoms with Gasteiger partial charge < -0.3 is 14.6 Å². The van der Waals surface area contributed by atoms with E-state index in [1.165, 1.54) is 12.1 Å². The summed E-state index contributed by atoms with van der Waals surface area (Å²) >= 11 is 0. The van der Waals surface area contributed by atoms with Crippen LogP contribution in [0, 0.1) is 5.82 Å². The number of esters is 1. The Bertz CT molecular complexity index is 738. The minimum absolute atomic E-state index is 0.0591. The molecule has 1 N–H and O–H groups in total. The summed E-state index contributed by atoms with van der Waals surface area (Å²) in [5.41, 5.74) is 1.04. The highest BCUT2D eigenvalue weighted by molar-refractivity contribution is 5.71. The van der Waals surface area contributed by atoms with Gasteiger partial charge in [-0.3, -0.25) is 4.79 Å². The zero-order valence-electron chi connectivity index (χ0n) is 14.8. The molecular weight excluding hydrogens is 335 g/mol. The maximum atomic E-state index is 12.9. The third-order valence-corrected chi connectivity index (χ3v) is 4.49. The Balaban J connectivity index is 1.48. The quantitative estimate of drug-likeness (QED) is 0.798. The first-order chi connectivity index (χ1) is 12.4. The fourth-order valence-electron chi connectivity index (χ4n) is 3.13. The van der Waals surface area contributed by atoms with Crippen molar-refractivity contribution in [2.24, 2.45) is 0 Å². The van der Waals surface area contributed by atoms with Crippen LogP contribution in [-0.2, 0) is 22.6 Å². The van der Waals surface area contributed by atoms with Gasteiger partial charge in [0.2, 0.25) is 0 Å². The molecule has 3 rings (SSSR count). The van der Waals surface area contributed by atoms with Crippen LogP contribution in [0.15, 0.2) is 48.5 Å². The van der Waals surface area contributed by atoms with Crippen molar-refractivity contribution in [1.29, 1.82) is 0 Å². The highest BCUT2D eigenvalue weighted by Gasteiger charge is 2.35. The van der Waals surface area contributed by atoms with Gasteiger partial charge in [0.1, 0.15) is 24.3 Å². The lowest BCUT2D eigenvalue weighted by atomic mass is 9.89. The maximum absolute atomic E-state index is 12.9. The molecule has 0 saturated carbocycles. The number of aryl methyl sites for hydroxylation is 1.